The van der Waals surface area contributed by atoms with Gasteiger partial charge in [-0.2, -0.15) is 0 Å². The van der Waals surface area contributed by atoms with Gasteiger partial charge in [-0.1, -0.05) is 30.7 Å². The van der Waals surface area contributed by atoms with E-state index >= 15 is 0 Å². The summed E-state index contributed by atoms with van der Waals surface area (Å²) >= 11 is 0. The standard InChI is InChI=1S/C22H32O5Si/c1-5-16-28(3,4)27-22(25,15-11-7-8-12-19(2)24)20(17-23)18-26-21-13-9-6-10-14-21/h5-6,9-10,13-14,25H,1,7-8,11-12,15-16,18H2,2-4H3. The first-order chi connectivity index (χ1) is 13.2. The lowest BCUT2D eigenvalue weighted by atomic mass is 10.00. The topological polar surface area (TPSA) is 72.8 Å². The molecule has 28 heavy (non-hydrogen) atoms. The maximum absolute atomic E-state index is 11.7. The predicted octanol–water partition coefficient (Wildman–Crippen LogP) is 4.46. The highest BCUT2D eigenvalue weighted by molar-refractivity contribution is 6.71. The van der Waals surface area contributed by atoms with Crippen LogP contribution in [-0.2, 0) is 14.0 Å². The van der Waals surface area contributed by atoms with E-state index in [1.54, 1.807) is 25.1 Å². The van der Waals surface area contributed by atoms with Crippen molar-refractivity contribution in [2.75, 3.05) is 6.61 Å². The molecule has 1 unspecified atom stereocenters. The number of ether oxygens (including phenoxy) is 1. The second-order valence-electron chi connectivity index (χ2n) is 7.58. The van der Waals surface area contributed by atoms with Crippen LogP contribution in [-0.4, -0.2) is 37.5 Å². The molecule has 0 bridgehead atoms. The molecule has 1 N–H and O–H groups in total. The Morgan fingerprint density at radius 3 is 2.50 bits per heavy atom. The van der Waals surface area contributed by atoms with Crippen LogP contribution in [0.25, 0.3) is 0 Å². The van der Waals surface area contributed by atoms with Gasteiger partial charge in [0.2, 0.25) is 0 Å². The largest absolute Gasteiger partial charge is 0.488 e. The summed E-state index contributed by atoms with van der Waals surface area (Å²) in [5.41, 5.74) is 0.0487. The van der Waals surface area contributed by atoms with E-state index in [0.29, 0.717) is 24.6 Å². The highest BCUT2D eigenvalue weighted by Gasteiger charge is 2.40. The highest BCUT2D eigenvalue weighted by Crippen LogP contribution is 2.30. The van der Waals surface area contributed by atoms with E-state index in [4.69, 9.17) is 9.16 Å². The molecule has 0 saturated heterocycles. The van der Waals surface area contributed by atoms with Crippen LogP contribution in [0.15, 0.2) is 48.6 Å². The zero-order valence-corrected chi connectivity index (χ0v) is 18.2. The average Bonchev–Trinajstić information content (AvgIpc) is 2.62. The minimum absolute atomic E-state index is 0.0487. The fourth-order valence-corrected chi connectivity index (χ4v) is 4.84. The van der Waals surface area contributed by atoms with Crippen LogP contribution in [0.2, 0.25) is 19.1 Å². The average molecular weight is 405 g/mol. The van der Waals surface area contributed by atoms with Gasteiger partial charge in [0.25, 0.3) is 0 Å². The molecule has 0 aliphatic heterocycles. The summed E-state index contributed by atoms with van der Waals surface area (Å²) in [6.07, 6.45) is 4.67. The number of allylic oxidation sites excluding steroid dienone is 1. The van der Waals surface area contributed by atoms with Crippen molar-refractivity contribution in [3.05, 3.63) is 48.6 Å². The molecule has 1 atom stereocenters. The molecule has 0 radical (unpaired) electrons. The molecule has 0 aliphatic carbocycles. The van der Waals surface area contributed by atoms with Crippen molar-refractivity contribution in [2.45, 2.75) is 64.0 Å². The predicted molar refractivity (Wildman–Crippen MR) is 113 cm³/mol. The second-order valence-corrected chi connectivity index (χ2v) is 11.7. The van der Waals surface area contributed by atoms with E-state index in [-0.39, 0.29) is 24.4 Å². The first-order valence-corrected chi connectivity index (χ1v) is 12.8. The molecule has 6 heteroatoms. The van der Waals surface area contributed by atoms with Gasteiger partial charge in [-0.05, 0) is 51.0 Å². The number of unbranched alkanes of at least 4 members (excludes halogenated alkanes) is 2. The number of rotatable bonds is 14. The molecule has 0 amide bonds. The lowest BCUT2D eigenvalue weighted by Gasteiger charge is -2.36. The minimum atomic E-state index is -2.29. The number of aliphatic hydroxyl groups is 1. The molecule has 5 nitrogen and oxygen atoms in total. The number of hydrogen-bond donors (Lipinski definition) is 1. The van der Waals surface area contributed by atoms with Crippen LogP contribution >= 0.6 is 0 Å². The summed E-state index contributed by atoms with van der Waals surface area (Å²) in [5, 5.41) is 11.3. The monoisotopic (exact) mass is 404 g/mol. The van der Waals surface area contributed by atoms with Gasteiger partial charge in [0, 0.05) is 12.8 Å². The first kappa shape index (κ1) is 24.1. The number of para-hydroxylation sites is 1. The number of ketones is 1. The van der Waals surface area contributed by atoms with Crippen molar-refractivity contribution >= 4 is 20.0 Å². The van der Waals surface area contributed by atoms with Gasteiger partial charge in [0.05, 0.1) is 0 Å². The Balaban J connectivity index is 2.87. The molecular formula is C22H32O5Si. The van der Waals surface area contributed by atoms with Gasteiger partial charge in [0.1, 0.15) is 29.7 Å². The minimum Gasteiger partial charge on any atom is -0.488 e. The van der Waals surface area contributed by atoms with Crippen molar-refractivity contribution in [1.82, 2.24) is 0 Å². The Morgan fingerprint density at radius 2 is 1.93 bits per heavy atom. The summed E-state index contributed by atoms with van der Waals surface area (Å²) in [6.45, 7) is 9.15. The Morgan fingerprint density at radius 1 is 1.25 bits per heavy atom. The third kappa shape index (κ3) is 8.80. The van der Waals surface area contributed by atoms with E-state index in [9.17, 15) is 14.7 Å². The summed E-state index contributed by atoms with van der Waals surface area (Å²) in [6, 6.07) is 9.73. The summed E-state index contributed by atoms with van der Waals surface area (Å²) in [5.74, 6) is 0.863. The third-order valence-corrected chi connectivity index (χ3v) is 6.51. The molecule has 0 aromatic heterocycles. The fourth-order valence-electron chi connectivity index (χ4n) is 2.92. The molecule has 0 saturated carbocycles. The third-order valence-electron chi connectivity index (χ3n) is 4.35. The molecule has 1 rings (SSSR count). The lowest BCUT2D eigenvalue weighted by molar-refractivity contribution is -0.121. The number of Topliss-reactive ketones (excluding diaryl/α,β-unsaturated/α-hetero) is 1. The molecule has 0 aliphatic rings. The molecule has 1 aromatic carbocycles. The van der Waals surface area contributed by atoms with Crippen LogP contribution in [0.5, 0.6) is 5.75 Å². The number of hydrogen-bond acceptors (Lipinski definition) is 5. The Bertz CT molecular complexity index is 679. The number of carbonyl (C=O) groups is 1. The van der Waals surface area contributed by atoms with Gasteiger partial charge in [-0.15, -0.1) is 6.58 Å². The summed E-state index contributed by atoms with van der Waals surface area (Å²) in [4.78, 5) is 22.8. The molecule has 1 aromatic rings. The smallest absolute Gasteiger partial charge is 0.194 e. The van der Waals surface area contributed by atoms with E-state index in [1.165, 1.54) is 0 Å². The highest BCUT2D eigenvalue weighted by atomic mass is 28.4. The van der Waals surface area contributed by atoms with Crippen LogP contribution in [0.4, 0.5) is 0 Å². The Hall–Kier alpha value is -1.98. The Labute approximate surface area is 169 Å². The van der Waals surface area contributed by atoms with Crippen molar-refractivity contribution < 1.29 is 23.9 Å². The van der Waals surface area contributed by atoms with E-state index < -0.39 is 14.1 Å². The van der Waals surface area contributed by atoms with Gasteiger partial charge in [-0.3, -0.25) is 0 Å². The van der Waals surface area contributed by atoms with Gasteiger partial charge < -0.3 is 19.1 Å². The summed E-state index contributed by atoms with van der Waals surface area (Å²) < 4.78 is 11.8. The quantitative estimate of drug-likeness (QED) is 0.163. The van der Waals surface area contributed by atoms with E-state index in [0.717, 1.165) is 12.8 Å². The van der Waals surface area contributed by atoms with Crippen molar-refractivity contribution in [3.63, 3.8) is 0 Å². The number of benzene rings is 1. The second kappa shape index (κ2) is 11.8. The zero-order valence-electron chi connectivity index (χ0n) is 17.2. The molecule has 0 heterocycles. The Kier molecular flexibility index (Phi) is 10.1. The summed E-state index contributed by atoms with van der Waals surface area (Å²) in [7, 11) is -2.29. The number of carbonyl (C=O) groups excluding carboxylic acids is 2. The maximum atomic E-state index is 11.7. The van der Waals surface area contributed by atoms with Crippen LogP contribution in [0, 0.1) is 0 Å². The molecular weight excluding hydrogens is 372 g/mol. The SMILES string of the molecule is C=CC[Si](C)(C)OC(O)(CCCCCC(C)=O)C(=C=O)COc1ccccc1. The van der Waals surface area contributed by atoms with Gasteiger partial charge in [-0.25, -0.2) is 4.79 Å². The van der Waals surface area contributed by atoms with E-state index in [1.807, 2.05) is 37.2 Å². The fraction of sp³-hybridized carbons (Fsp3) is 0.500. The molecule has 154 valence electrons. The molecule has 0 spiro atoms. The van der Waals surface area contributed by atoms with Crippen molar-refractivity contribution in [3.8, 4) is 5.75 Å². The van der Waals surface area contributed by atoms with Crippen LogP contribution in [0.3, 0.4) is 0 Å². The van der Waals surface area contributed by atoms with Crippen molar-refractivity contribution in [2.24, 2.45) is 0 Å². The van der Waals surface area contributed by atoms with E-state index in [2.05, 4.69) is 6.58 Å². The zero-order chi connectivity index (χ0) is 21.0. The van der Waals surface area contributed by atoms with Crippen molar-refractivity contribution in [1.29, 1.82) is 0 Å². The van der Waals surface area contributed by atoms with Crippen LogP contribution in [0.1, 0.15) is 39.0 Å². The van der Waals surface area contributed by atoms with Crippen LogP contribution < -0.4 is 4.74 Å². The lowest BCUT2D eigenvalue weighted by Crippen LogP contribution is -2.47. The van der Waals surface area contributed by atoms with Gasteiger partial charge >= 0.3 is 0 Å². The van der Waals surface area contributed by atoms with Gasteiger partial charge in [0.15, 0.2) is 14.1 Å². The first-order valence-electron chi connectivity index (χ1n) is 9.67. The normalized spacial score (nSPS) is 13.3. The maximum Gasteiger partial charge on any atom is 0.194 e. The molecule has 0 fully saturated rings.